The normalized spacial score (nSPS) is 11.2. The van der Waals surface area contributed by atoms with Crippen molar-refractivity contribution < 1.29 is 8.83 Å². The van der Waals surface area contributed by atoms with Crippen LogP contribution in [-0.4, -0.2) is 19.4 Å². The number of fused-ring (bicyclic) bond motifs is 1. The van der Waals surface area contributed by atoms with Gasteiger partial charge in [0.15, 0.2) is 24.3 Å². The number of hydrogen-bond acceptors (Lipinski definition) is 5. The SMILES string of the molecule is [c]1cnc2c(-c3cnco3)cc(-c3cnco3)cn12. The highest BCUT2D eigenvalue weighted by Gasteiger charge is 2.13. The van der Waals surface area contributed by atoms with Gasteiger partial charge in [0.25, 0.3) is 0 Å². The van der Waals surface area contributed by atoms with Crippen LogP contribution in [0.4, 0.5) is 0 Å². The highest BCUT2D eigenvalue weighted by molar-refractivity contribution is 5.78. The van der Waals surface area contributed by atoms with Gasteiger partial charge in [0.05, 0.1) is 30.4 Å². The van der Waals surface area contributed by atoms with E-state index in [1.54, 1.807) is 23.0 Å². The van der Waals surface area contributed by atoms with Gasteiger partial charge in [0, 0.05) is 11.8 Å². The molecule has 1 radical (unpaired) electrons. The smallest absolute Gasteiger partial charge is 0.181 e. The molecule has 4 aromatic rings. The fourth-order valence-electron chi connectivity index (χ4n) is 1.99. The highest BCUT2D eigenvalue weighted by Crippen LogP contribution is 2.29. The van der Waals surface area contributed by atoms with Gasteiger partial charge < -0.3 is 8.83 Å². The van der Waals surface area contributed by atoms with Crippen LogP contribution in [-0.2, 0) is 0 Å². The molecule has 0 saturated heterocycles. The van der Waals surface area contributed by atoms with Gasteiger partial charge in [0.1, 0.15) is 5.65 Å². The van der Waals surface area contributed by atoms with Gasteiger partial charge in [-0.2, -0.15) is 0 Å². The highest BCUT2D eigenvalue weighted by atomic mass is 16.3. The summed E-state index contributed by atoms with van der Waals surface area (Å²) in [4.78, 5) is 12.1. The molecule has 4 heterocycles. The molecule has 0 aromatic carbocycles. The summed E-state index contributed by atoms with van der Waals surface area (Å²) >= 11 is 0. The Morgan fingerprint density at radius 3 is 2.58 bits per heavy atom. The van der Waals surface area contributed by atoms with Crippen molar-refractivity contribution >= 4 is 5.65 Å². The third kappa shape index (κ3) is 1.54. The Morgan fingerprint density at radius 1 is 1.05 bits per heavy atom. The number of pyridine rings is 1. The number of imidazole rings is 1. The van der Waals surface area contributed by atoms with Crippen LogP contribution in [0.2, 0.25) is 0 Å². The predicted octanol–water partition coefficient (Wildman–Crippen LogP) is 2.44. The Morgan fingerprint density at radius 2 is 1.84 bits per heavy atom. The van der Waals surface area contributed by atoms with E-state index in [2.05, 4.69) is 21.1 Å². The molecule has 0 aliphatic heterocycles. The molecule has 0 fully saturated rings. The van der Waals surface area contributed by atoms with E-state index < -0.39 is 0 Å². The molecule has 0 amide bonds. The average Bonchev–Trinajstić information content (AvgIpc) is 3.18. The summed E-state index contributed by atoms with van der Waals surface area (Å²) in [6, 6.07) is 1.93. The van der Waals surface area contributed by atoms with Crippen molar-refractivity contribution in [2.45, 2.75) is 0 Å². The van der Waals surface area contributed by atoms with Crippen LogP contribution in [0.3, 0.4) is 0 Å². The standard InChI is InChI=1S/C13H7N4O2/c1-2-17-6-9(11-4-14-7-18-11)3-10(13(17)16-1)12-5-15-8-19-12/h1,3-8H. The first-order chi connectivity index (χ1) is 9.42. The van der Waals surface area contributed by atoms with E-state index in [-0.39, 0.29) is 0 Å². The molecule has 0 unspecified atom stereocenters. The van der Waals surface area contributed by atoms with Crippen molar-refractivity contribution in [3.8, 4) is 22.6 Å². The van der Waals surface area contributed by atoms with Crippen molar-refractivity contribution in [2.24, 2.45) is 0 Å². The summed E-state index contributed by atoms with van der Waals surface area (Å²) in [7, 11) is 0. The second kappa shape index (κ2) is 3.81. The molecular weight excluding hydrogens is 244 g/mol. The van der Waals surface area contributed by atoms with Crippen LogP contribution >= 0.6 is 0 Å². The zero-order valence-electron chi connectivity index (χ0n) is 9.65. The fraction of sp³-hybridized carbons (Fsp3) is 0. The lowest BCUT2D eigenvalue weighted by Crippen LogP contribution is -1.89. The molecule has 6 nitrogen and oxygen atoms in total. The Hall–Kier alpha value is -2.89. The van der Waals surface area contributed by atoms with Crippen LogP contribution in [0.15, 0.2) is 52.5 Å². The minimum absolute atomic E-state index is 0.644. The minimum Gasteiger partial charge on any atom is -0.443 e. The first-order valence-electron chi connectivity index (χ1n) is 5.58. The summed E-state index contributed by atoms with van der Waals surface area (Å²) in [6.45, 7) is 0. The quantitative estimate of drug-likeness (QED) is 0.547. The van der Waals surface area contributed by atoms with Gasteiger partial charge >= 0.3 is 0 Å². The monoisotopic (exact) mass is 251 g/mol. The lowest BCUT2D eigenvalue weighted by Gasteiger charge is -2.03. The van der Waals surface area contributed by atoms with Crippen molar-refractivity contribution in [1.29, 1.82) is 0 Å². The Labute approximate surface area is 107 Å². The topological polar surface area (TPSA) is 69.4 Å². The first-order valence-corrected chi connectivity index (χ1v) is 5.58. The summed E-state index contributed by atoms with van der Waals surface area (Å²) in [5.41, 5.74) is 2.44. The molecule has 0 N–H and O–H groups in total. The minimum atomic E-state index is 0.644. The summed E-state index contributed by atoms with van der Waals surface area (Å²) in [6.07, 6.45) is 12.6. The number of oxazole rings is 2. The predicted molar refractivity (Wildman–Crippen MR) is 65.0 cm³/mol. The molecule has 0 aliphatic rings. The van der Waals surface area contributed by atoms with E-state index in [9.17, 15) is 0 Å². The molecule has 0 spiro atoms. The Kier molecular flexibility index (Phi) is 2.02. The van der Waals surface area contributed by atoms with E-state index in [4.69, 9.17) is 8.83 Å². The average molecular weight is 251 g/mol. The number of nitrogens with zero attached hydrogens (tertiary/aromatic N) is 4. The molecule has 91 valence electrons. The van der Waals surface area contributed by atoms with Crippen molar-refractivity contribution in [3.63, 3.8) is 0 Å². The maximum absolute atomic E-state index is 5.34. The Bertz CT molecular complexity index is 816. The maximum Gasteiger partial charge on any atom is 0.181 e. The van der Waals surface area contributed by atoms with Crippen LogP contribution in [0.25, 0.3) is 28.3 Å². The number of rotatable bonds is 2. The molecule has 0 atom stereocenters. The molecule has 0 bridgehead atoms. The van der Waals surface area contributed by atoms with Crippen molar-refractivity contribution in [3.05, 3.63) is 49.8 Å². The molecular formula is C13H7N4O2. The van der Waals surface area contributed by atoms with E-state index in [0.717, 1.165) is 16.8 Å². The molecule has 19 heavy (non-hydrogen) atoms. The summed E-state index contributed by atoms with van der Waals surface area (Å²) in [5.74, 6) is 1.32. The molecule has 0 aliphatic carbocycles. The number of hydrogen-bond donors (Lipinski definition) is 0. The second-order valence-corrected chi connectivity index (χ2v) is 3.95. The molecule has 4 aromatic heterocycles. The van der Waals surface area contributed by atoms with Gasteiger partial charge in [-0.15, -0.1) is 0 Å². The fourth-order valence-corrected chi connectivity index (χ4v) is 1.99. The van der Waals surface area contributed by atoms with Crippen molar-refractivity contribution in [2.75, 3.05) is 0 Å². The van der Waals surface area contributed by atoms with Gasteiger partial charge in [-0.1, -0.05) is 0 Å². The van der Waals surface area contributed by atoms with E-state index in [0.29, 0.717) is 11.5 Å². The largest absolute Gasteiger partial charge is 0.443 e. The molecule has 4 rings (SSSR count). The van der Waals surface area contributed by atoms with E-state index in [1.165, 1.54) is 12.8 Å². The zero-order chi connectivity index (χ0) is 12.7. The third-order valence-corrected chi connectivity index (χ3v) is 2.84. The van der Waals surface area contributed by atoms with E-state index in [1.807, 2.05) is 12.3 Å². The van der Waals surface area contributed by atoms with Gasteiger partial charge in [-0.25, -0.2) is 15.0 Å². The molecule has 6 heteroatoms. The van der Waals surface area contributed by atoms with Crippen LogP contribution in [0.5, 0.6) is 0 Å². The summed E-state index contributed by atoms with van der Waals surface area (Å²) in [5, 5.41) is 0. The summed E-state index contributed by atoms with van der Waals surface area (Å²) < 4.78 is 12.4. The molecule has 0 saturated carbocycles. The van der Waals surface area contributed by atoms with Gasteiger partial charge in [-0.05, 0) is 6.07 Å². The number of aromatic nitrogens is 4. The van der Waals surface area contributed by atoms with Crippen LogP contribution < -0.4 is 0 Å². The van der Waals surface area contributed by atoms with Gasteiger partial charge in [-0.3, -0.25) is 4.40 Å². The maximum atomic E-state index is 5.34. The van der Waals surface area contributed by atoms with Crippen molar-refractivity contribution in [1.82, 2.24) is 19.4 Å². The van der Waals surface area contributed by atoms with Crippen LogP contribution in [0.1, 0.15) is 0 Å². The third-order valence-electron chi connectivity index (χ3n) is 2.84. The van der Waals surface area contributed by atoms with Gasteiger partial charge in [0.2, 0.25) is 0 Å². The Balaban J connectivity index is 2.03. The zero-order valence-corrected chi connectivity index (χ0v) is 9.65. The second-order valence-electron chi connectivity index (χ2n) is 3.95. The lowest BCUT2D eigenvalue weighted by atomic mass is 10.1. The lowest BCUT2D eigenvalue weighted by molar-refractivity contribution is 0.570. The van der Waals surface area contributed by atoms with E-state index >= 15 is 0 Å². The van der Waals surface area contributed by atoms with Crippen LogP contribution in [0, 0.1) is 6.20 Å². The first kappa shape index (κ1) is 10.1.